The molecule has 1 fully saturated rings. The van der Waals surface area contributed by atoms with Crippen LogP contribution in [0.25, 0.3) is 0 Å². The van der Waals surface area contributed by atoms with E-state index in [2.05, 4.69) is 56.7 Å². The van der Waals surface area contributed by atoms with Gasteiger partial charge in [0.05, 0.1) is 18.2 Å². The number of rotatable bonds is 6. The number of aromatic nitrogens is 1. The normalized spacial score (nSPS) is 15.2. The van der Waals surface area contributed by atoms with Crippen molar-refractivity contribution in [2.45, 2.75) is 19.9 Å². The molecule has 1 saturated heterocycles. The van der Waals surface area contributed by atoms with Crippen LogP contribution in [0.15, 0.2) is 35.5 Å². The molecule has 2 aromatic rings. The standard InChI is InChI=1S/C19H27N5OS/c1-15-13-22-18(26-15)7-8-21-19(20-2)23-14-16-3-5-17(6-4-16)24-9-11-25-12-10-24/h3-6,13H,7-12,14H2,1-2H3,(H2,20,21,23). The van der Waals surface area contributed by atoms with Gasteiger partial charge in [-0.3, -0.25) is 4.99 Å². The Morgan fingerprint density at radius 1 is 1.23 bits per heavy atom. The highest BCUT2D eigenvalue weighted by molar-refractivity contribution is 7.11. The van der Waals surface area contributed by atoms with Crippen molar-refractivity contribution < 1.29 is 4.74 Å². The van der Waals surface area contributed by atoms with Gasteiger partial charge in [0.1, 0.15) is 0 Å². The molecule has 2 heterocycles. The highest BCUT2D eigenvalue weighted by Crippen LogP contribution is 2.16. The van der Waals surface area contributed by atoms with Gasteiger partial charge >= 0.3 is 0 Å². The first-order valence-corrected chi connectivity index (χ1v) is 9.84. The van der Waals surface area contributed by atoms with Crippen LogP contribution < -0.4 is 15.5 Å². The van der Waals surface area contributed by atoms with Gasteiger partial charge in [-0.25, -0.2) is 4.98 Å². The molecule has 0 unspecified atom stereocenters. The molecule has 3 rings (SSSR count). The molecule has 1 aliphatic rings. The molecule has 0 atom stereocenters. The van der Waals surface area contributed by atoms with E-state index >= 15 is 0 Å². The Kier molecular flexibility index (Phi) is 6.85. The second-order valence-electron chi connectivity index (χ2n) is 6.23. The minimum absolute atomic E-state index is 0.749. The molecule has 26 heavy (non-hydrogen) atoms. The van der Waals surface area contributed by atoms with E-state index < -0.39 is 0 Å². The van der Waals surface area contributed by atoms with Crippen LogP contribution in [0.3, 0.4) is 0 Å². The fourth-order valence-electron chi connectivity index (χ4n) is 2.86. The van der Waals surface area contributed by atoms with Crippen LogP contribution in [-0.4, -0.2) is 50.8 Å². The van der Waals surface area contributed by atoms with Crippen LogP contribution in [0.5, 0.6) is 0 Å². The molecule has 6 nitrogen and oxygen atoms in total. The molecule has 0 saturated carbocycles. The lowest BCUT2D eigenvalue weighted by atomic mass is 10.2. The summed E-state index contributed by atoms with van der Waals surface area (Å²) < 4.78 is 5.41. The van der Waals surface area contributed by atoms with Crippen molar-refractivity contribution in [2.24, 2.45) is 4.99 Å². The first kappa shape index (κ1) is 18.7. The van der Waals surface area contributed by atoms with E-state index in [4.69, 9.17) is 4.74 Å². The number of aliphatic imine (C=N–C) groups is 1. The fraction of sp³-hybridized carbons (Fsp3) is 0.474. The van der Waals surface area contributed by atoms with Crippen LogP contribution >= 0.6 is 11.3 Å². The summed E-state index contributed by atoms with van der Waals surface area (Å²) in [7, 11) is 1.80. The molecule has 0 radical (unpaired) electrons. The molecule has 0 amide bonds. The third kappa shape index (κ3) is 5.44. The molecular formula is C19H27N5OS. The first-order valence-electron chi connectivity index (χ1n) is 9.02. The summed E-state index contributed by atoms with van der Waals surface area (Å²) in [6.07, 6.45) is 2.83. The van der Waals surface area contributed by atoms with E-state index in [1.165, 1.54) is 16.1 Å². The summed E-state index contributed by atoms with van der Waals surface area (Å²) in [4.78, 5) is 12.3. The lowest BCUT2D eigenvalue weighted by Gasteiger charge is -2.28. The van der Waals surface area contributed by atoms with Gasteiger partial charge in [0.15, 0.2) is 5.96 Å². The second-order valence-corrected chi connectivity index (χ2v) is 7.55. The van der Waals surface area contributed by atoms with Crippen molar-refractivity contribution in [3.63, 3.8) is 0 Å². The van der Waals surface area contributed by atoms with Crippen molar-refractivity contribution in [1.29, 1.82) is 0 Å². The Hall–Kier alpha value is -2.12. The zero-order chi connectivity index (χ0) is 18.2. The number of thiazole rings is 1. The Labute approximate surface area is 159 Å². The first-order chi connectivity index (χ1) is 12.7. The van der Waals surface area contributed by atoms with E-state index in [0.29, 0.717) is 0 Å². The Bertz CT molecular complexity index is 707. The van der Waals surface area contributed by atoms with Gasteiger partial charge in [0.2, 0.25) is 0 Å². The summed E-state index contributed by atoms with van der Waals surface area (Å²) in [5.41, 5.74) is 2.50. The number of aryl methyl sites for hydroxylation is 1. The molecule has 1 aromatic carbocycles. The van der Waals surface area contributed by atoms with E-state index in [9.17, 15) is 0 Å². The maximum absolute atomic E-state index is 5.41. The summed E-state index contributed by atoms with van der Waals surface area (Å²) in [6.45, 7) is 7.21. The van der Waals surface area contributed by atoms with Gasteiger partial charge in [0, 0.05) is 56.4 Å². The van der Waals surface area contributed by atoms with Crippen molar-refractivity contribution in [1.82, 2.24) is 15.6 Å². The van der Waals surface area contributed by atoms with Crippen molar-refractivity contribution in [3.8, 4) is 0 Å². The van der Waals surface area contributed by atoms with Crippen LogP contribution in [0.4, 0.5) is 5.69 Å². The van der Waals surface area contributed by atoms with Gasteiger partial charge in [-0.2, -0.15) is 0 Å². The van der Waals surface area contributed by atoms with Gasteiger partial charge in [-0.05, 0) is 24.6 Å². The zero-order valence-electron chi connectivity index (χ0n) is 15.5. The molecule has 0 spiro atoms. The SMILES string of the molecule is CN=C(NCCc1ncc(C)s1)NCc1ccc(N2CCOCC2)cc1. The van der Waals surface area contributed by atoms with E-state index in [1.807, 2.05) is 6.20 Å². The molecule has 1 aromatic heterocycles. The Balaban J connectivity index is 1.42. The van der Waals surface area contributed by atoms with Gasteiger partial charge in [0.25, 0.3) is 0 Å². The average molecular weight is 374 g/mol. The van der Waals surface area contributed by atoms with Crippen LogP contribution in [0.1, 0.15) is 15.4 Å². The second kappa shape index (κ2) is 9.54. The molecule has 2 N–H and O–H groups in total. The number of hydrogen-bond donors (Lipinski definition) is 2. The number of ether oxygens (including phenoxy) is 1. The topological polar surface area (TPSA) is 61.8 Å². The molecule has 7 heteroatoms. The molecular weight excluding hydrogens is 346 g/mol. The summed E-state index contributed by atoms with van der Waals surface area (Å²) >= 11 is 1.75. The van der Waals surface area contributed by atoms with Crippen molar-refractivity contribution >= 4 is 23.0 Å². The lowest BCUT2D eigenvalue weighted by molar-refractivity contribution is 0.122. The predicted molar refractivity (Wildman–Crippen MR) is 108 cm³/mol. The van der Waals surface area contributed by atoms with Gasteiger partial charge in [-0.15, -0.1) is 11.3 Å². The molecule has 0 bridgehead atoms. The monoisotopic (exact) mass is 373 g/mol. The van der Waals surface area contributed by atoms with Crippen molar-refractivity contribution in [3.05, 3.63) is 45.9 Å². The number of guanidine groups is 1. The summed E-state index contributed by atoms with van der Waals surface area (Å²) in [5.74, 6) is 0.815. The number of nitrogens with zero attached hydrogens (tertiary/aromatic N) is 3. The van der Waals surface area contributed by atoms with Crippen LogP contribution in [0, 0.1) is 6.92 Å². The molecule has 0 aliphatic carbocycles. The lowest BCUT2D eigenvalue weighted by Crippen LogP contribution is -2.38. The van der Waals surface area contributed by atoms with Crippen LogP contribution in [-0.2, 0) is 17.7 Å². The highest BCUT2D eigenvalue weighted by Gasteiger charge is 2.10. The molecule has 140 valence electrons. The zero-order valence-corrected chi connectivity index (χ0v) is 16.3. The molecule has 1 aliphatic heterocycles. The van der Waals surface area contributed by atoms with Crippen molar-refractivity contribution in [2.75, 3.05) is 44.8 Å². The number of benzene rings is 1. The van der Waals surface area contributed by atoms with E-state index in [0.717, 1.165) is 56.8 Å². The number of anilines is 1. The third-order valence-electron chi connectivity index (χ3n) is 4.30. The maximum Gasteiger partial charge on any atom is 0.191 e. The third-order valence-corrected chi connectivity index (χ3v) is 5.27. The number of hydrogen-bond acceptors (Lipinski definition) is 5. The minimum atomic E-state index is 0.749. The highest BCUT2D eigenvalue weighted by atomic mass is 32.1. The van der Waals surface area contributed by atoms with Crippen LogP contribution in [0.2, 0.25) is 0 Å². The Morgan fingerprint density at radius 2 is 2.00 bits per heavy atom. The predicted octanol–water partition coefficient (Wildman–Crippen LogP) is 2.20. The minimum Gasteiger partial charge on any atom is -0.378 e. The van der Waals surface area contributed by atoms with Gasteiger partial charge < -0.3 is 20.3 Å². The van der Waals surface area contributed by atoms with Gasteiger partial charge in [-0.1, -0.05) is 12.1 Å². The van der Waals surface area contributed by atoms with E-state index in [1.54, 1.807) is 18.4 Å². The fourth-order valence-corrected chi connectivity index (χ4v) is 3.64. The maximum atomic E-state index is 5.41. The summed E-state index contributed by atoms with van der Waals surface area (Å²) in [6, 6.07) is 8.71. The quantitative estimate of drug-likeness (QED) is 0.600. The largest absolute Gasteiger partial charge is 0.378 e. The summed E-state index contributed by atoms with van der Waals surface area (Å²) in [5, 5.41) is 7.87. The average Bonchev–Trinajstić information content (AvgIpc) is 3.11. The smallest absolute Gasteiger partial charge is 0.191 e. The Morgan fingerprint density at radius 3 is 2.65 bits per heavy atom. The number of morpholine rings is 1. The number of nitrogens with one attached hydrogen (secondary N) is 2. The van der Waals surface area contributed by atoms with E-state index in [-0.39, 0.29) is 0 Å².